The second-order valence-corrected chi connectivity index (χ2v) is 4.16. The Kier molecular flexibility index (Phi) is 2.42. The lowest BCUT2D eigenvalue weighted by Gasteiger charge is -2.23. The molecule has 2 rings (SSSR count). The molecule has 2 saturated heterocycles. The SMILES string of the molecule is CCC(C)CN1C(=O)NC2NC(=O)NC21. The highest BCUT2D eigenvalue weighted by Crippen LogP contribution is 2.16. The number of rotatable bonds is 3. The molecule has 2 heterocycles. The molecular weight excluding hydrogens is 196 g/mol. The van der Waals surface area contributed by atoms with Gasteiger partial charge in [-0.2, -0.15) is 0 Å². The van der Waals surface area contributed by atoms with Crippen molar-refractivity contribution in [2.75, 3.05) is 6.54 Å². The molecule has 15 heavy (non-hydrogen) atoms. The normalized spacial score (nSPS) is 30.7. The van der Waals surface area contributed by atoms with E-state index >= 15 is 0 Å². The average Bonchev–Trinajstić information content (AvgIpc) is 2.65. The van der Waals surface area contributed by atoms with E-state index in [1.54, 1.807) is 4.90 Å². The monoisotopic (exact) mass is 212 g/mol. The third-order valence-electron chi connectivity index (χ3n) is 2.96. The number of urea groups is 2. The largest absolute Gasteiger partial charge is 0.320 e. The van der Waals surface area contributed by atoms with E-state index in [1.165, 1.54) is 0 Å². The Hall–Kier alpha value is -1.46. The number of hydrogen-bond donors (Lipinski definition) is 3. The zero-order valence-electron chi connectivity index (χ0n) is 8.91. The lowest BCUT2D eigenvalue weighted by molar-refractivity contribution is 0.184. The summed E-state index contributed by atoms with van der Waals surface area (Å²) < 4.78 is 0. The van der Waals surface area contributed by atoms with Crippen LogP contribution in [0.2, 0.25) is 0 Å². The second kappa shape index (κ2) is 3.60. The molecular formula is C9H16N4O2. The first-order chi connectivity index (χ1) is 7.11. The quantitative estimate of drug-likeness (QED) is 0.617. The van der Waals surface area contributed by atoms with Gasteiger partial charge in [0.1, 0.15) is 12.3 Å². The molecule has 0 spiro atoms. The molecule has 0 aromatic rings. The van der Waals surface area contributed by atoms with Crippen LogP contribution in [0.4, 0.5) is 9.59 Å². The average molecular weight is 212 g/mol. The van der Waals surface area contributed by atoms with Crippen LogP contribution in [0.25, 0.3) is 0 Å². The molecule has 0 aliphatic carbocycles. The summed E-state index contributed by atoms with van der Waals surface area (Å²) in [6.07, 6.45) is 0.496. The first-order valence-corrected chi connectivity index (χ1v) is 5.26. The van der Waals surface area contributed by atoms with Gasteiger partial charge in [0.2, 0.25) is 0 Å². The van der Waals surface area contributed by atoms with Gasteiger partial charge in [-0.15, -0.1) is 0 Å². The predicted molar refractivity (Wildman–Crippen MR) is 53.9 cm³/mol. The Labute approximate surface area is 88.4 Å². The lowest BCUT2D eigenvalue weighted by Crippen LogP contribution is -2.45. The van der Waals surface area contributed by atoms with Crippen LogP contribution in [0.1, 0.15) is 20.3 Å². The first kappa shape index (κ1) is 10.1. The van der Waals surface area contributed by atoms with Gasteiger partial charge in [-0.3, -0.25) is 0 Å². The van der Waals surface area contributed by atoms with Crippen molar-refractivity contribution in [3.05, 3.63) is 0 Å². The van der Waals surface area contributed by atoms with Crippen LogP contribution in [0, 0.1) is 5.92 Å². The number of nitrogens with zero attached hydrogens (tertiary/aromatic N) is 1. The topological polar surface area (TPSA) is 73.5 Å². The van der Waals surface area contributed by atoms with E-state index in [0.717, 1.165) is 6.42 Å². The van der Waals surface area contributed by atoms with Crippen molar-refractivity contribution in [3.63, 3.8) is 0 Å². The van der Waals surface area contributed by atoms with Gasteiger partial charge in [0.05, 0.1) is 0 Å². The third kappa shape index (κ3) is 1.71. The Bertz CT molecular complexity index is 294. The zero-order chi connectivity index (χ0) is 11.0. The molecule has 0 bridgehead atoms. The minimum atomic E-state index is -0.283. The number of amides is 4. The van der Waals surface area contributed by atoms with Crippen molar-refractivity contribution < 1.29 is 9.59 Å². The van der Waals surface area contributed by atoms with Crippen LogP contribution in [-0.4, -0.2) is 35.8 Å². The molecule has 4 amide bonds. The zero-order valence-corrected chi connectivity index (χ0v) is 8.91. The molecule has 2 fully saturated rings. The van der Waals surface area contributed by atoms with Crippen LogP contribution >= 0.6 is 0 Å². The van der Waals surface area contributed by atoms with E-state index in [0.29, 0.717) is 12.5 Å². The molecule has 2 aliphatic heterocycles. The second-order valence-electron chi connectivity index (χ2n) is 4.16. The third-order valence-corrected chi connectivity index (χ3v) is 2.96. The molecule has 6 nitrogen and oxygen atoms in total. The van der Waals surface area contributed by atoms with Gasteiger partial charge in [0.15, 0.2) is 0 Å². The van der Waals surface area contributed by atoms with Crippen molar-refractivity contribution in [2.45, 2.75) is 32.6 Å². The van der Waals surface area contributed by atoms with Gasteiger partial charge >= 0.3 is 12.1 Å². The van der Waals surface area contributed by atoms with Crippen molar-refractivity contribution in [3.8, 4) is 0 Å². The molecule has 0 saturated carbocycles. The van der Waals surface area contributed by atoms with E-state index in [-0.39, 0.29) is 24.4 Å². The number of carbonyl (C=O) groups excluding carboxylic acids is 2. The highest BCUT2D eigenvalue weighted by Gasteiger charge is 2.45. The standard InChI is InChI=1S/C9H16N4O2/c1-3-5(2)4-13-7-6(11-9(13)15)10-8(14)12-7/h5-7H,3-4H2,1-2H3,(H,11,15)(H2,10,12,14). The van der Waals surface area contributed by atoms with Gasteiger partial charge in [-0.25, -0.2) is 9.59 Å². The van der Waals surface area contributed by atoms with Crippen molar-refractivity contribution in [1.29, 1.82) is 0 Å². The summed E-state index contributed by atoms with van der Waals surface area (Å²) in [7, 11) is 0. The number of hydrogen-bond acceptors (Lipinski definition) is 2. The first-order valence-electron chi connectivity index (χ1n) is 5.26. The van der Waals surface area contributed by atoms with Gasteiger partial charge in [-0.1, -0.05) is 20.3 Å². The fourth-order valence-electron chi connectivity index (χ4n) is 1.86. The van der Waals surface area contributed by atoms with Gasteiger partial charge < -0.3 is 20.9 Å². The molecule has 3 atom stereocenters. The Morgan fingerprint density at radius 1 is 1.33 bits per heavy atom. The number of nitrogens with one attached hydrogen (secondary N) is 3. The van der Waals surface area contributed by atoms with Crippen LogP contribution in [0.3, 0.4) is 0 Å². The molecule has 6 heteroatoms. The maximum atomic E-state index is 11.6. The predicted octanol–water partition coefficient (Wildman–Crippen LogP) is 0.0227. The fourth-order valence-corrected chi connectivity index (χ4v) is 1.86. The summed E-state index contributed by atoms with van der Waals surface area (Å²) in [5, 5.41) is 8.08. The Balaban J connectivity index is 2.04. The summed E-state index contributed by atoms with van der Waals surface area (Å²) in [6, 6.07) is -0.336. The maximum Gasteiger partial charge on any atom is 0.320 e. The van der Waals surface area contributed by atoms with Gasteiger partial charge in [0, 0.05) is 6.54 Å². The molecule has 0 radical (unpaired) electrons. The fraction of sp³-hybridized carbons (Fsp3) is 0.778. The smallest absolute Gasteiger partial charge is 0.314 e. The molecule has 2 aliphatic rings. The summed E-state index contributed by atoms with van der Waals surface area (Å²) >= 11 is 0. The van der Waals surface area contributed by atoms with Gasteiger partial charge in [0.25, 0.3) is 0 Å². The van der Waals surface area contributed by atoms with Crippen LogP contribution in [0.15, 0.2) is 0 Å². The Morgan fingerprint density at radius 2 is 2.07 bits per heavy atom. The Morgan fingerprint density at radius 3 is 2.73 bits per heavy atom. The highest BCUT2D eigenvalue weighted by atomic mass is 16.2. The lowest BCUT2D eigenvalue weighted by atomic mass is 10.1. The van der Waals surface area contributed by atoms with Crippen LogP contribution in [-0.2, 0) is 0 Å². The summed E-state index contributed by atoms with van der Waals surface area (Å²) in [4.78, 5) is 24.3. The van der Waals surface area contributed by atoms with Crippen molar-refractivity contribution >= 4 is 12.1 Å². The highest BCUT2D eigenvalue weighted by molar-refractivity contribution is 5.84. The molecule has 84 valence electrons. The number of fused-ring (bicyclic) bond motifs is 1. The van der Waals surface area contributed by atoms with Crippen LogP contribution in [0.5, 0.6) is 0 Å². The van der Waals surface area contributed by atoms with E-state index < -0.39 is 0 Å². The van der Waals surface area contributed by atoms with E-state index in [4.69, 9.17) is 0 Å². The summed E-state index contributed by atoms with van der Waals surface area (Å²) in [5.74, 6) is 0.437. The van der Waals surface area contributed by atoms with Crippen LogP contribution < -0.4 is 16.0 Å². The van der Waals surface area contributed by atoms with Crippen molar-refractivity contribution in [2.24, 2.45) is 5.92 Å². The molecule has 0 aromatic heterocycles. The summed E-state index contributed by atoms with van der Waals surface area (Å²) in [6.45, 7) is 4.85. The maximum absolute atomic E-state index is 11.6. The minimum absolute atomic E-state index is 0.113. The minimum Gasteiger partial charge on any atom is -0.314 e. The summed E-state index contributed by atoms with van der Waals surface area (Å²) in [5.41, 5.74) is 0. The molecule has 0 aromatic carbocycles. The molecule has 3 N–H and O–H groups in total. The van der Waals surface area contributed by atoms with E-state index in [1.807, 2.05) is 0 Å². The van der Waals surface area contributed by atoms with Crippen molar-refractivity contribution in [1.82, 2.24) is 20.9 Å². The number of carbonyl (C=O) groups is 2. The van der Waals surface area contributed by atoms with E-state index in [9.17, 15) is 9.59 Å². The molecule has 3 unspecified atom stereocenters. The van der Waals surface area contributed by atoms with E-state index in [2.05, 4.69) is 29.8 Å². The van der Waals surface area contributed by atoms with Gasteiger partial charge in [-0.05, 0) is 5.92 Å².